The first-order valence-electron chi connectivity index (χ1n) is 11.6. The number of anilines is 1. The summed E-state index contributed by atoms with van der Waals surface area (Å²) in [6.07, 6.45) is 0. The minimum atomic E-state index is -0.225. The normalized spacial score (nSPS) is 13.9. The summed E-state index contributed by atoms with van der Waals surface area (Å²) in [4.78, 5) is 18.4. The van der Waals surface area contributed by atoms with Crippen LogP contribution in [-0.2, 0) is 12.3 Å². The van der Waals surface area contributed by atoms with E-state index < -0.39 is 0 Å². The van der Waals surface area contributed by atoms with Crippen LogP contribution >= 0.6 is 23.1 Å². The highest BCUT2D eigenvalue weighted by molar-refractivity contribution is 7.98. The number of amides is 1. The van der Waals surface area contributed by atoms with Gasteiger partial charge < -0.3 is 14.4 Å². The van der Waals surface area contributed by atoms with Crippen molar-refractivity contribution < 1.29 is 9.18 Å². The first-order valence-corrected chi connectivity index (χ1v) is 13.5. The fourth-order valence-electron chi connectivity index (χ4n) is 4.29. The van der Waals surface area contributed by atoms with Gasteiger partial charge in [-0.15, -0.1) is 21.5 Å². The Kier molecular flexibility index (Phi) is 7.15. The fourth-order valence-corrected chi connectivity index (χ4v) is 6.02. The molecule has 9 heteroatoms. The van der Waals surface area contributed by atoms with Crippen molar-refractivity contribution in [3.8, 4) is 10.7 Å². The number of halogens is 1. The lowest BCUT2D eigenvalue weighted by Gasteiger charge is -2.36. The van der Waals surface area contributed by atoms with E-state index in [2.05, 4.69) is 27.8 Å². The number of para-hydroxylation sites is 1. The molecule has 5 rings (SSSR count). The number of thiophene rings is 1. The lowest BCUT2D eigenvalue weighted by Crippen LogP contribution is -2.49. The van der Waals surface area contributed by atoms with E-state index in [1.807, 2.05) is 51.6 Å². The zero-order chi connectivity index (χ0) is 24.2. The van der Waals surface area contributed by atoms with Crippen molar-refractivity contribution in [2.45, 2.75) is 24.4 Å². The van der Waals surface area contributed by atoms with Crippen molar-refractivity contribution in [1.82, 2.24) is 19.7 Å². The molecule has 1 saturated heterocycles. The number of hydrogen-bond donors (Lipinski definition) is 0. The molecule has 0 radical (unpaired) electrons. The first-order chi connectivity index (χ1) is 17.2. The highest BCUT2D eigenvalue weighted by Gasteiger charge is 2.25. The molecule has 0 N–H and O–H groups in total. The van der Waals surface area contributed by atoms with Crippen LogP contribution in [-0.4, -0.2) is 51.8 Å². The Hall–Kier alpha value is -3.17. The smallest absolute Gasteiger partial charge is 0.254 e. The molecule has 0 aliphatic carbocycles. The van der Waals surface area contributed by atoms with Crippen LogP contribution in [0.1, 0.15) is 22.8 Å². The van der Waals surface area contributed by atoms with Crippen LogP contribution in [0.2, 0.25) is 0 Å². The fraction of sp³-hybridized carbons (Fsp3) is 0.269. The van der Waals surface area contributed by atoms with Gasteiger partial charge in [-0.1, -0.05) is 48.2 Å². The number of thioether (sulfide) groups is 1. The highest BCUT2D eigenvalue weighted by Crippen LogP contribution is 2.30. The Balaban J connectivity index is 1.27. The van der Waals surface area contributed by atoms with E-state index in [-0.39, 0.29) is 11.7 Å². The summed E-state index contributed by atoms with van der Waals surface area (Å²) in [5.41, 5.74) is 2.28. The highest BCUT2D eigenvalue weighted by atomic mass is 32.2. The van der Waals surface area contributed by atoms with Crippen molar-refractivity contribution >= 4 is 34.7 Å². The quantitative estimate of drug-likeness (QED) is 0.313. The second kappa shape index (κ2) is 10.6. The largest absolute Gasteiger partial charge is 0.366 e. The van der Waals surface area contributed by atoms with Crippen LogP contribution in [0.15, 0.2) is 71.2 Å². The standard InChI is InChI=1S/C26H26FN5OS2/c1-2-32-24(23-12-7-17-34-23)28-29-26(32)35-18-19-8-3-4-9-20(19)25(33)31-15-13-30(14-16-31)22-11-6-5-10-21(22)27/h3-12,17H,2,13-16,18H2,1H3. The summed E-state index contributed by atoms with van der Waals surface area (Å²) in [5.74, 6) is 1.30. The van der Waals surface area contributed by atoms with E-state index in [9.17, 15) is 9.18 Å². The molecule has 0 atom stereocenters. The maximum atomic E-state index is 14.2. The Bertz CT molecular complexity index is 1300. The van der Waals surface area contributed by atoms with E-state index in [1.165, 1.54) is 6.07 Å². The second-order valence-corrected chi connectivity index (χ2v) is 10.1. The minimum absolute atomic E-state index is 0.0191. The third-order valence-corrected chi connectivity index (χ3v) is 8.02. The molecule has 1 aliphatic heterocycles. The van der Waals surface area contributed by atoms with E-state index in [0.29, 0.717) is 43.2 Å². The van der Waals surface area contributed by atoms with Crippen LogP contribution in [0, 0.1) is 5.82 Å². The van der Waals surface area contributed by atoms with Gasteiger partial charge in [-0.25, -0.2) is 4.39 Å². The van der Waals surface area contributed by atoms with Gasteiger partial charge in [0.15, 0.2) is 11.0 Å². The Labute approximate surface area is 212 Å². The van der Waals surface area contributed by atoms with Gasteiger partial charge in [0.2, 0.25) is 0 Å². The molecule has 6 nitrogen and oxygen atoms in total. The van der Waals surface area contributed by atoms with Crippen molar-refractivity contribution in [2.75, 3.05) is 31.1 Å². The maximum absolute atomic E-state index is 14.2. The molecule has 0 bridgehead atoms. The predicted molar refractivity (Wildman–Crippen MR) is 140 cm³/mol. The van der Waals surface area contributed by atoms with Gasteiger partial charge in [0, 0.05) is 44.0 Å². The van der Waals surface area contributed by atoms with E-state index in [4.69, 9.17) is 0 Å². The number of carbonyl (C=O) groups is 1. The molecule has 2 aromatic heterocycles. The zero-order valence-corrected chi connectivity index (χ0v) is 21.1. The number of benzene rings is 2. The number of piperazine rings is 1. The summed E-state index contributed by atoms with van der Waals surface area (Å²) < 4.78 is 16.3. The monoisotopic (exact) mass is 507 g/mol. The van der Waals surface area contributed by atoms with E-state index in [0.717, 1.165) is 28.0 Å². The molecule has 1 amide bonds. The minimum Gasteiger partial charge on any atom is -0.366 e. The molecule has 180 valence electrons. The average Bonchev–Trinajstić information content (AvgIpc) is 3.57. The maximum Gasteiger partial charge on any atom is 0.254 e. The summed E-state index contributed by atoms with van der Waals surface area (Å²) in [6.45, 7) is 5.19. The second-order valence-electron chi connectivity index (χ2n) is 8.20. The van der Waals surface area contributed by atoms with Crippen LogP contribution in [0.4, 0.5) is 10.1 Å². The molecule has 0 spiro atoms. The molecule has 0 saturated carbocycles. The number of carbonyl (C=O) groups excluding carboxylic acids is 1. The number of rotatable bonds is 7. The summed E-state index contributed by atoms with van der Waals surface area (Å²) in [5, 5.41) is 11.7. The number of hydrogen-bond acceptors (Lipinski definition) is 6. The third-order valence-electron chi connectivity index (χ3n) is 6.14. The van der Waals surface area contributed by atoms with Gasteiger partial charge in [-0.3, -0.25) is 4.79 Å². The Morgan fingerprint density at radius 1 is 1.00 bits per heavy atom. The summed E-state index contributed by atoms with van der Waals surface area (Å²) in [6, 6.07) is 18.6. The lowest BCUT2D eigenvalue weighted by atomic mass is 10.1. The SMILES string of the molecule is CCn1c(SCc2ccccc2C(=O)N2CCN(c3ccccc3F)CC2)nnc1-c1cccs1. The van der Waals surface area contributed by atoms with Gasteiger partial charge in [-0.2, -0.15) is 0 Å². The lowest BCUT2D eigenvalue weighted by molar-refractivity contribution is 0.0746. The molecule has 4 aromatic rings. The molecule has 1 aliphatic rings. The molecule has 0 unspecified atom stereocenters. The van der Waals surface area contributed by atoms with Gasteiger partial charge in [0.1, 0.15) is 5.82 Å². The van der Waals surface area contributed by atoms with Crippen molar-refractivity contribution in [3.05, 3.63) is 83.0 Å². The number of nitrogens with zero attached hydrogens (tertiary/aromatic N) is 5. The third kappa shape index (κ3) is 4.97. The molecular weight excluding hydrogens is 481 g/mol. The predicted octanol–water partition coefficient (Wildman–Crippen LogP) is 5.42. The van der Waals surface area contributed by atoms with Crippen molar-refractivity contribution in [1.29, 1.82) is 0 Å². The topological polar surface area (TPSA) is 54.3 Å². The molecule has 3 heterocycles. The average molecular weight is 508 g/mol. The van der Waals surface area contributed by atoms with E-state index >= 15 is 0 Å². The van der Waals surface area contributed by atoms with Crippen LogP contribution in [0.25, 0.3) is 10.7 Å². The molecular formula is C26H26FN5OS2. The Morgan fingerprint density at radius 3 is 2.51 bits per heavy atom. The van der Waals surface area contributed by atoms with Gasteiger partial charge in [0.25, 0.3) is 5.91 Å². The van der Waals surface area contributed by atoms with Gasteiger partial charge in [-0.05, 0) is 42.1 Å². The molecule has 35 heavy (non-hydrogen) atoms. The molecule has 2 aromatic carbocycles. The van der Waals surface area contributed by atoms with Gasteiger partial charge >= 0.3 is 0 Å². The van der Waals surface area contributed by atoms with Crippen LogP contribution < -0.4 is 4.90 Å². The Morgan fingerprint density at radius 2 is 1.77 bits per heavy atom. The van der Waals surface area contributed by atoms with Gasteiger partial charge in [0.05, 0.1) is 10.6 Å². The van der Waals surface area contributed by atoms with Crippen molar-refractivity contribution in [3.63, 3.8) is 0 Å². The van der Waals surface area contributed by atoms with E-state index in [1.54, 1.807) is 35.2 Å². The van der Waals surface area contributed by atoms with Crippen molar-refractivity contribution in [2.24, 2.45) is 0 Å². The number of aromatic nitrogens is 3. The van der Waals surface area contributed by atoms with Crippen LogP contribution in [0.3, 0.4) is 0 Å². The first kappa shape index (κ1) is 23.6. The summed E-state index contributed by atoms with van der Waals surface area (Å²) in [7, 11) is 0. The summed E-state index contributed by atoms with van der Waals surface area (Å²) >= 11 is 3.24. The van der Waals surface area contributed by atoms with Crippen LogP contribution in [0.5, 0.6) is 0 Å². The zero-order valence-electron chi connectivity index (χ0n) is 19.4. The molecule has 1 fully saturated rings.